The van der Waals surface area contributed by atoms with Crippen LogP contribution in [0.1, 0.15) is 37.2 Å². The van der Waals surface area contributed by atoms with Crippen LogP contribution in [0.5, 0.6) is 0 Å². The second-order valence-corrected chi connectivity index (χ2v) is 5.95. The molecule has 6 nitrogen and oxygen atoms in total. The summed E-state index contributed by atoms with van der Waals surface area (Å²) < 4.78 is 1.94. The molecule has 2 aromatic rings. The summed E-state index contributed by atoms with van der Waals surface area (Å²) in [5.74, 6) is 0.794. The van der Waals surface area contributed by atoms with Crippen LogP contribution in [-0.2, 0) is 0 Å². The van der Waals surface area contributed by atoms with Gasteiger partial charge in [0.2, 0.25) is 0 Å². The molecule has 2 N–H and O–H groups in total. The van der Waals surface area contributed by atoms with Gasteiger partial charge in [0.25, 0.3) is 0 Å². The summed E-state index contributed by atoms with van der Waals surface area (Å²) in [5, 5.41) is 20.2. The van der Waals surface area contributed by atoms with Gasteiger partial charge in [0.1, 0.15) is 16.9 Å². The first kappa shape index (κ1) is 20.2. The van der Waals surface area contributed by atoms with Crippen molar-refractivity contribution >= 4 is 36.8 Å². The van der Waals surface area contributed by atoms with Crippen LogP contribution >= 0.6 is 12.6 Å². The molecule has 0 unspecified atom stereocenters. The fourth-order valence-corrected chi connectivity index (χ4v) is 2.87. The van der Waals surface area contributed by atoms with Crippen LogP contribution in [0.3, 0.4) is 0 Å². The summed E-state index contributed by atoms with van der Waals surface area (Å²) in [6, 6.07) is 3.96. The van der Waals surface area contributed by atoms with Gasteiger partial charge in [-0.15, -0.1) is 12.6 Å². The third-order valence-electron chi connectivity index (χ3n) is 3.81. The van der Waals surface area contributed by atoms with Crippen molar-refractivity contribution in [2.24, 2.45) is 0 Å². The van der Waals surface area contributed by atoms with E-state index in [1.807, 2.05) is 42.0 Å². The smallest absolute Gasteiger partial charge is 0.136 e. The Bertz CT molecular complexity index is 960. The van der Waals surface area contributed by atoms with E-state index in [1.165, 1.54) is 6.21 Å². The molecule has 2 heterocycles. The number of aromatic nitrogens is 3. The Balaban J connectivity index is 2.74. The van der Waals surface area contributed by atoms with Crippen LogP contribution in [0, 0.1) is 16.7 Å². The topological polar surface area (TPSA) is 90.4 Å². The normalized spacial score (nSPS) is 11.9. The maximum Gasteiger partial charge on any atom is 0.136 e. The molecule has 0 saturated heterocycles. The number of nitrogens with one attached hydrogen (secondary N) is 2. The van der Waals surface area contributed by atoms with Crippen LogP contribution in [0.15, 0.2) is 35.5 Å². The van der Waals surface area contributed by atoms with Crippen molar-refractivity contribution in [1.29, 1.82) is 10.7 Å². The molecule has 2 rings (SSSR count). The highest BCUT2D eigenvalue weighted by Crippen LogP contribution is 2.28. The van der Waals surface area contributed by atoms with Gasteiger partial charge in [-0.2, -0.15) is 5.26 Å². The summed E-state index contributed by atoms with van der Waals surface area (Å²) in [7, 11) is 1.74. The predicted octanol–water partition coefficient (Wildman–Crippen LogP) is 4.23. The van der Waals surface area contributed by atoms with E-state index >= 15 is 0 Å². The second kappa shape index (κ2) is 9.55. The van der Waals surface area contributed by atoms with Crippen molar-refractivity contribution in [3.05, 3.63) is 47.4 Å². The molecule has 0 aromatic carbocycles. The minimum Gasteiger partial charge on any atom is -0.388 e. The highest BCUT2D eigenvalue weighted by atomic mass is 32.1. The van der Waals surface area contributed by atoms with Crippen molar-refractivity contribution in [2.45, 2.75) is 25.3 Å². The number of imidazole rings is 1. The molecule has 0 aliphatic rings. The van der Waals surface area contributed by atoms with E-state index in [1.54, 1.807) is 19.3 Å². The first-order valence-corrected chi connectivity index (χ1v) is 8.95. The number of thiol groups is 1. The number of nitriles is 1. The van der Waals surface area contributed by atoms with E-state index in [2.05, 4.69) is 40.9 Å². The van der Waals surface area contributed by atoms with Gasteiger partial charge >= 0.3 is 0 Å². The highest BCUT2D eigenvalue weighted by Gasteiger charge is 2.17. The van der Waals surface area contributed by atoms with Gasteiger partial charge in [-0.05, 0) is 31.6 Å². The average molecular weight is 379 g/mol. The molecule has 0 atom stereocenters. The Morgan fingerprint density at radius 1 is 1.48 bits per heavy atom. The summed E-state index contributed by atoms with van der Waals surface area (Å²) in [6.45, 7) is 4.00. The molecule has 0 aliphatic heterocycles. The molecule has 0 bridgehead atoms. The van der Waals surface area contributed by atoms with Crippen LogP contribution < -0.4 is 5.32 Å². The quantitative estimate of drug-likeness (QED) is 0.497. The summed E-state index contributed by atoms with van der Waals surface area (Å²) in [4.78, 5) is 8.98. The fourth-order valence-electron chi connectivity index (χ4n) is 2.59. The van der Waals surface area contributed by atoms with E-state index in [0.29, 0.717) is 27.5 Å². The van der Waals surface area contributed by atoms with Crippen molar-refractivity contribution in [1.82, 2.24) is 19.9 Å². The third kappa shape index (κ3) is 4.36. The molecular weight excluding hydrogens is 356 g/mol. The largest absolute Gasteiger partial charge is 0.388 e. The first-order chi connectivity index (χ1) is 13.1. The number of hydrogen-bond acceptors (Lipinski definition) is 6. The Hall–Kier alpha value is -3.11. The molecule has 0 fully saturated rings. The van der Waals surface area contributed by atoms with E-state index in [-0.39, 0.29) is 0 Å². The molecule has 0 aliphatic carbocycles. The van der Waals surface area contributed by atoms with Crippen LogP contribution in [0.25, 0.3) is 29.4 Å². The molecule has 0 saturated carbocycles. The van der Waals surface area contributed by atoms with Crippen molar-refractivity contribution in [3.8, 4) is 17.5 Å². The first-order valence-electron chi connectivity index (χ1n) is 8.51. The molecule has 7 heteroatoms. The van der Waals surface area contributed by atoms with Crippen molar-refractivity contribution in [3.63, 3.8) is 0 Å². The molecule has 0 spiro atoms. The van der Waals surface area contributed by atoms with E-state index in [9.17, 15) is 5.26 Å². The van der Waals surface area contributed by atoms with Gasteiger partial charge in [0.15, 0.2) is 0 Å². The lowest BCUT2D eigenvalue weighted by Gasteiger charge is -2.13. The lowest BCUT2D eigenvalue weighted by Crippen LogP contribution is -2.08. The Morgan fingerprint density at radius 2 is 2.26 bits per heavy atom. The lowest BCUT2D eigenvalue weighted by atomic mass is 10.1. The molecule has 27 heavy (non-hydrogen) atoms. The van der Waals surface area contributed by atoms with Crippen molar-refractivity contribution in [2.75, 3.05) is 7.05 Å². The number of nitrogens with zero attached hydrogens (tertiary/aromatic N) is 4. The van der Waals surface area contributed by atoms with Gasteiger partial charge in [0.05, 0.1) is 23.1 Å². The Kier molecular flexibility index (Phi) is 7.15. The van der Waals surface area contributed by atoms with E-state index in [4.69, 9.17) is 5.41 Å². The molecule has 0 radical (unpaired) electrons. The SMILES string of the molecule is C/C=C\n1c(-c2cc(/C(=C/C=N)NC)c(C#N)c(S)n2)cnc1/C=C/CC. The van der Waals surface area contributed by atoms with Crippen LogP contribution in [0.4, 0.5) is 0 Å². The van der Waals surface area contributed by atoms with Gasteiger partial charge in [0, 0.05) is 30.7 Å². The molecule has 138 valence electrons. The highest BCUT2D eigenvalue weighted by molar-refractivity contribution is 7.80. The van der Waals surface area contributed by atoms with Crippen molar-refractivity contribution < 1.29 is 0 Å². The Labute approximate surface area is 164 Å². The minimum absolute atomic E-state index is 0.329. The second-order valence-electron chi connectivity index (χ2n) is 5.53. The average Bonchev–Trinajstić information content (AvgIpc) is 3.06. The molecule has 2 aromatic heterocycles. The summed E-state index contributed by atoms with van der Waals surface area (Å²) in [5.41, 5.74) is 3.06. The van der Waals surface area contributed by atoms with E-state index in [0.717, 1.165) is 17.9 Å². The standard InChI is InChI=1S/C20H22N6S/c1-4-6-7-19-24-13-18(26(19)10-5-2)17-11-14(16(23-3)8-9-21)15(12-22)20(27)25-17/h5-11,13,21,23H,4H2,1-3H3,(H,25,27)/b7-6+,10-5-,16-8-,21-9?. The van der Waals surface area contributed by atoms with Gasteiger partial charge in [-0.1, -0.05) is 19.1 Å². The van der Waals surface area contributed by atoms with Gasteiger partial charge in [-0.3, -0.25) is 4.57 Å². The maximum absolute atomic E-state index is 9.52. The summed E-state index contributed by atoms with van der Waals surface area (Å²) in [6.07, 6.45) is 13.3. The van der Waals surface area contributed by atoms with E-state index < -0.39 is 0 Å². The Morgan fingerprint density at radius 3 is 2.85 bits per heavy atom. The fraction of sp³-hybridized carbons (Fsp3) is 0.200. The monoisotopic (exact) mass is 378 g/mol. The van der Waals surface area contributed by atoms with Gasteiger partial charge < -0.3 is 10.7 Å². The third-order valence-corrected chi connectivity index (χ3v) is 4.13. The zero-order chi connectivity index (χ0) is 19.8. The van der Waals surface area contributed by atoms with Crippen LogP contribution in [0.2, 0.25) is 0 Å². The van der Waals surface area contributed by atoms with Gasteiger partial charge in [-0.25, -0.2) is 9.97 Å². The predicted molar refractivity (Wildman–Crippen MR) is 114 cm³/mol. The lowest BCUT2D eigenvalue weighted by molar-refractivity contribution is 1.05. The number of hydrogen-bond donors (Lipinski definition) is 3. The molecule has 0 amide bonds. The number of rotatable bonds is 7. The molecular formula is C20H22N6S. The zero-order valence-corrected chi connectivity index (χ0v) is 16.5. The zero-order valence-electron chi connectivity index (χ0n) is 15.6. The number of allylic oxidation sites excluding steroid dienone is 3. The number of pyridine rings is 1. The summed E-state index contributed by atoms with van der Waals surface area (Å²) >= 11 is 4.41. The maximum atomic E-state index is 9.52. The minimum atomic E-state index is 0.329. The van der Waals surface area contributed by atoms with Crippen LogP contribution in [-0.4, -0.2) is 27.8 Å².